The number of benzene rings is 1. The molecule has 3 heteroatoms. The smallest absolute Gasteiger partial charge is 0.126 e. The molecule has 0 radical (unpaired) electrons. The minimum atomic E-state index is -0.310. The molecule has 0 spiro atoms. The first kappa shape index (κ1) is 12.8. The largest absolute Gasteiger partial charge is 0.496 e. The monoisotopic (exact) mass is 224 g/mol. The van der Waals surface area contributed by atoms with E-state index in [2.05, 4.69) is 0 Å². The molecule has 90 valence electrons. The van der Waals surface area contributed by atoms with Crippen molar-refractivity contribution in [1.29, 1.82) is 0 Å². The Kier molecular flexibility index (Phi) is 4.62. The zero-order valence-electron chi connectivity index (χ0n) is 10.4. The van der Waals surface area contributed by atoms with E-state index in [1.54, 1.807) is 21.1 Å². The SMILES string of the molecule is COc1cc(C)cc(OC)c1CC[C@@H](C)O. The molecular weight excluding hydrogens is 204 g/mol. The van der Waals surface area contributed by atoms with Crippen LogP contribution < -0.4 is 9.47 Å². The van der Waals surface area contributed by atoms with Crippen molar-refractivity contribution in [3.63, 3.8) is 0 Å². The molecule has 1 aromatic carbocycles. The number of hydrogen-bond acceptors (Lipinski definition) is 3. The molecule has 1 atom stereocenters. The van der Waals surface area contributed by atoms with Crippen LogP contribution in [0.1, 0.15) is 24.5 Å². The van der Waals surface area contributed by atoms with Crippen LogP contribution in [0.25, 0.3) is 0 Å². The molecule has 0 bridgehead atoms. The van der Waals surface area contributed by atoms with Gasteiger partial charge >= 0.3 is 0 Å². The first-order valence-corrected chi connectivity index (χ1v) is 5.48. The third kappa shape index (κ3) is 3.14. The average molecular weight is 224 g/mol. The van der Waals surface area contributed by atoms with Gasteiger partial charge in [0.05, 0.1) is 20.3 Å². The molecule has 0 heterocycles. The van der Waals surface area contributed by atoms with Crippen molar-refractivity contribution >= 4 is 0 Å². The van der Waals surface area contributed by atoms with Crippen LogP contribution >= 0.6 is 0 Å². The Bertz CT molecular complexity index is 320. The van der Waals surface area contributed by atoms with Crippen molar-refractivity contribution in [3.05, 3.63) is 23.3 Å². The van der Waals surface area contributed by atoms with Crippen molar-refractivity contribution < 1.29 is 14.6 Å². The van der Waals surface area contributed by atoms with E-state index in [9.17, 15) is 5.11 Å². The maximum absolute atomic E-state index is 9.31. The van der Waals surface area contributed by atoms with Gasteiger partial charge in [-0.3, -0.25) is 0 Å². The predicted molar refractivity (Wildman–Crippen MR) is 64.3 cm³/mol. The van der Waals surface area contributed by atoms with Crippen LogP contribution in [0.2, 0.25) is 0 Å². The summed E-state index contributed by atoms with van der Waals surface area (Å²) in [5.41, 5.74) is 2.13. The lowest BCUT2D eigenvalue weighted by molar-refractivity contribution is 0.184. The Morgan fingerprint density at radius 1 is 1.19 bits per heavy atom. The van der Waals surface area contributed by atoms with Crippen LogP contribution in [0.3, 0.4) is 0 Å². The number of rotatable bonds is 5. The molecule has 16 heavy (non-hydrogen) atoms. The Morgan fingerprint density at radius 2 is 1.69 bits per heavy atom. The minimum Gasteiger partial charge on any atom is -0.496 e. The summed E-state index contributed by atoms with van der Waals surface area (Å²) in [5.74, 6) is 1.66. The van der Waals surface area contributed by atoms with Gasteiger partial charge in [-0.05, 0) is 44.4 Å². The van der Waals surface area contributed by atoms with E-state index in [0.29, 0.717) is 6.42 Å². The molecule has 0 aromatic heterocycles. The first-order valence-electron chi connectivity index (χ1n) is 5.48. The summed E-state index contributed by atoms with van der Waals surface area (Å²) in [6, 6.07) is 3.97. The summed E-state index contributed by atoms with van der Waals surface area (Å²) < 4.78 is 10.7. The van der Waals surface area contributed by atoms with E-state index in [-0.39, 0.29) is 6.10 Å². The van der Waals surface area contributed by atoms with Gasteiger partial charge in [0.2, 0.25) is 0 Å². The molecular formula is C13H20O3. The molecule has 0 aliphatic rings. The molecule has 0 fully saturated rings. The molecule has 1 N–H and O–H groups in total. The fraction of sp³-hybridized carbons (Fsp3) is 0.538. The second kappa shape index (κ2) is 5.75. The highest BCUT2D eigenvalue weighted by Crippen LogP contribution is 2.31. The van der Waals surface area contributed by atoms with E-state index in [1.807, 2.05) is 19.1 Å². The van der Waals surface area contributed by atoms with Gasteiger partial charge in [0.1, 0.15) is 11.5 Å². The Morgan fingerprint density at radius 3 is 2.06 bits per heavy atom. The summed E-state index contributed by atoms with van der Waals surface area (Å²) in [6.07, 6.45) is 1.15. The standard InChI is InChI=1S/C13H20O3/c1-9-7-12(15-3)11(6-5-10(2)14)13(8-9)16-4/h7-8,10,14H,5-6H2,1-4H3/t10-/m1/s1. The lowest BCUT2D eigenvalue weighted by Crippen LogP contribution is -2.04. The summed E-state index contributed by atoms with van der Waals surface area (Å²) in [7, 11) is 3.31. The van der Waals surface area contributed by atoms with Crippen LogP contribution in [0.15, 0.2) is 12.1 Å². The molecule has 0 unspecified atom stereocenters. The summed E-state index contributed by atoms with van der Waals surface area (Å²) in [6.45, 7) is 3.79. The normalized spacial score (nSPS) is 12.3. The van der Waals surface area contributed by atoms with Crippen molar-refractivity contribution in [2.45, 2.75) is 32.8 Å². The third-order valence-corrected chi connectivity index (χ3v) is 2.56. The van der Waals surface area contributed by atoms with Crippen molar-refractivity contribution in [3.8, 4) is 11.5 Å². The number of ether oxygens (including phenoxy) is 2. The third-order valence-electron chi connectivity index (χ3n) is 2.56. The van der Waals surface area contributed by atoms with E-state index in [4.69, 9.17) is 9.47 Å². The van der Waals surface area contributed by atoms with Crippen LogP contribution in [-0.2, 0) is 6.42 Å². The number of aliphatic hydroxyl groups excluding tert-OH is 1. The van der Waals surface area contributed by atoms with Crippen LogP contribution in [-0.4, -0.2) is 25.4 Å². The number of hydrogen-bond donors (Lipinski definition) is 1. The van der Waals surface area contributed by atoms with Gasteiger partial charge in [-0.2, -0.15) is 0 Å². The van der Waals surface area contributed by atoms with E-state index in [1.165, 1.54) is 0 Å². The maximum Gasteiger partial charge on any atom is 0.126 e. The van der Waals surface area contributed by atoms with Gasteiger partial charge < -0.3 is 14.6 Å². The molecule has 3 nitrogen and oxygen atoms in total. The summed E-state index contributed by atoms with van der Waals surface area (Å²) >= 11 is 0. The number of aryl methyl sites for hydroxylation is 1. The molecule has 0 saturated carbocycles. The quantitative estimate of drug-likeness (QED) is 0.834. The molecule has 0 aliphatic carbocycles. The van der Waals surface area contributed by atoms with Crippen molar-refractivity contribution in [1.82, 2.24) is 0 Å². The van der Waals surface area contributed by atoms with Crippen LogP contribution in [0.4, 0.5) is 0 Å². The minimum absolute atomic E-state index is 0.310. The Hall–Kier alpha value is -1.22. The predicted octanol–water partition coefficient (Wildman–Crippen LogP) is 2.33. The van der Waals surface area contributed by atoms with Gasteiger partial charge in [0.15, 0.2) is 0 Å². The van der Waals surface area contributed by atoms with Gasteiger partial charge in [0.25, 0.3) is 0 Å². The Labute approximate surface area is 97.0 Å². The van der Waals surface area contributed by atoms with Gasteiger partial charge in [-0.25, -0.2) is 0 Å². The van der Waals surface area contributed by atoms with Gasteiger partial charge in [0, 0.05) is 5.56 Å². The van der Waals surface area contributed by atoms with E-state index < -0.39 is 0 Å². The van der Waals surface area contributed by atoms with E-state index >= 15 is 0 Å². The van der Waals surface area contributed by atoms with E-state index in [0.717, 1.165) is 29.0 Å². The van der Waals surface area contributed by atoms with Crippen LogP contribution in [0, 0.1) is 6.92 Å². The highest BCUT2D eigenvalue weighted by Gasteiger charge is 2.12. The average Bonchev–Trinajstić information content (AvgIpc) is 2.25. The second-order valence-electron chi connectivity index (χ2n) is 4.04. The van der Waals surface area contributed by atoms with Crippen molar-refractivity contribution in [2.75, 3.05) is 14.2 Å². The van der Waals surface area contributed by atoms with Gasteiger partial charge in [-0.1, -0.05) is 0 Å². The molecule has 1 rings (SSSR count). The van der Waals surface area contributed by atoms with Crippen LogP contribution in [0.5, 0.6) is 11.5 Å². The Balaban J connectivity index is 3.02. The molecule has 1 aromatic rings. The first-order chi connectivity index (χ1) is 7.58. The van der Waals surface area contributed by atoms with Gasteiger partial charge in [-0.15, -0.1) is 0 Å². The fourth-order valence-electron chi connectivity index (χ4n) is 1.71. The lowest BCUT2D eigenvalue weighted by Gasteiger charge is -2.15. The fourth-order valence-corrected chi connectivity index (χ4v) is 1.71. The zero-order chi connectivity index (χ0) is 12.1. The topological polar surface area (TPSA) is 38.7 Å². The number of aliphatic hydroxyl groups is 1. The highest BCUT2D eigenvalue weighted by molar-refractivity contribution is 5.47. The maximum atomic E-state index is 9.31. The second-order valence-corrected chi connectivity index (χ2v) is 4.04. The summed E-state index contributed by atoms with van der Waals surface area (Å²) in [4.78, 5) is 0. The highest BCUT2D eigenvalue weighted by atomic mass is 16.5. The summed E-state index contributed by atoms with van der Waals surface area (Å²) in [5, 5.41) is 9.31. The molecule has 0 amide bonds. The molecule has 0 aliphatic heterocycles. The number of methoxy groups -OCH3 is 2. The lowest BCUT2D eigenvalue weighted by atomic mass is 10.0. The molecule has 0 saturated heterocycles. The zero-order valence-corrected chi connectivity index (χ0v) is 10.4. The van der Waals surface area contributed by atoms with Crippen molar-refractivity contribution in [2.24, 2.45) is 0 Å².